The van der Waals surface area contributed by atoms with Crippen LogP contribution in [-0.2, 0) is 0 Å². The SMILES string of the molecule is Cc1cc(N=C[C@H](C#N)c2ccc(C(C#N)=Nc3ccc(N(C)C)cc3)cc2)cc(C)c1N=O. The Kier molecular flexibility index (Phi) is 7.63. The second kappa shape index (κ2) is 10.8. The maximum atomic E-state index is 10.9. The standard InChI is InChI=1S/C27H24N6O/c1-18-13-24(14-19(2)27(18)32-34)30-17-22(15-28)20-5-7-21(8-6-20)26(16-29)31-23-9-11-25(12-10-23)33(3)4/h5-14,17,22H,1-4H3/t22-/m0/s1. The van der Waals surface area contributed by atoms with Crippen LogP contribution in [0.2, 0.25) is 0 Å². The van der Waals surface area contributed by atoms with Crippen molar-refractivity contribution in [2.45, 2.75) is 19.8 Å². The monoisotopic (exact) mass is 448 g/mol. The Morgan fingerprint density at radius 1 is 0.941 bits per heavy atom. The highest BCUT2D eigenvalue weighted by Gasteiger charge is 2.11. The minimum absolute atomic E-state index is 0.293. The van der Waals surface area contributed by atoms with Crippen molar-refractivity contribution in [1.82, 2.24) is 0 Å². The molecule has 0 aliphatic rings. The summed E-state index contributed by atoms with van der Waals surface area (Å²) in [6.07, 6.45) is 1.57. The van der Waals surface area contributed by atoms with Crippen molar-refractivity contribution >= 4 is 34.7 Å². The molecule has 0 unspecified atom stereocenters. The second-order valence-electron chi connectivity index (χ2n) is 8.01. The summed E-state index contributed by atoms with van der Waals surface area (Å²) in [5.74, 6) is -0.570. The molecule has 0 N–H and O–H groups in total. The minimum atomic E-state index is -0.570. The Bertz CT molecular complexity index is 1300. The number of rotatable bonds is 7. The zero-order valence-corrected chi connectivity index (χ0v) is 19.5. The lowest BCUT2D eigenvalue weighted by Gasteiger charge is -2.11. The highest BCUT2D eigenvalue weighted by molar-refractivity contribution is 6.12. The molecule has 3 rings (SSSR count). The van der Waals surface area contributed by atoms with Gasteiger partial charge in [0.25, 0.3) is 0 Å². The van der Waals surface area contributed by atoms with Crippen LogP contribution in [0.1, 0.15) is 28.2 Å². The lowest BCUT2D eigenvalue weighted by molar-refractivity contribution is 1.13. The first-order valence-electron chi connectivity index (χ1n) is 10.6. The topological polar surface area (TPSA) is 105 Å². The van der Waals surface area contributed by atoms with Gasteiger partial charge in [-0.05, 0) is 72.1 Å². The number of nitrogens with zero attached hydrogens (tertiary/aromatic N) is 6. The van der Waals surface area contributed by atoms with Crippen LogP contribution in [-0.4, -0.2) is 26.0 Å². The van der Waals surface area contributed by atoms with E-state index in [9.17, 15) is 15.4 Å². The Balaban J connectivity index is 1.81. The Morgan fingerprint density at radius 3 is 2.06 bits per heavy atom. The maximum absolute atomic E-state index is 10.9. The van der Waals surface area contributed by atoms with Gasteiger partial charge < -0.3 is 4.90 Å². The number of hydrogen-bond acceptors (Lipinski definition) is 7. The van der Waals surface area contributed by atoms with E-state index >= 15 is 0 Å². The molecule has 0 aliphatic heterocycles. The third-order valence-corrected chi connectivity index (χ3v) is 5.34. The molecule has 3 aromatic carbocycles. The molecule has 3 aromatic rings. The molecule has 34 heavy (non-hydrogen) atoms. The van der Waals surface area contributed by atoms with Gasteiger partial charge in [0, 0.05) is 31.6 Å². The van der Waals surface area contributed by atoms with Crippen LogP contribution >= 0.6 is 0 Å². The number of benzene rings is 3. The molecule has 168 valence electrons. The molecule has 7 heteroatoms. The summed E-state index contributed by atoms with van der Waals surface area (Å²) in [4.78, 5) is 21.8. The Hall–Kier alpha value is -4.62. The zero-order valence-electron chi connectivity index (χ0n) is 19.5. The van der Waals surface area contributed by atoms with E-state index in [-0.39, 0.29) is 0 Å². The Labute approximate surface area is 199 Å². The predicted molar refractivity (Wildman–Crippen MR) is 137 cm³/mol. The van der Waals surface area contributed by atoms with Crippen molar-refractivity contribution in [3.63, 3.8) is 0 Å². The highest BCUT2D eigenvalue weighted by atomic mass is 16.3. The van der Waals surface area contributed by atoms with Gasteiger partial charge in [-0.25, -0.2) is 4.99 Å². The third-order valence-electron chi connectivity index (χ3n) is 5.34. The molecule has 1 atom stereocenters. The largest absolute Gasteiger partial charge is 0.378 e. The molecule has 0 aliphatic carbocycles. The lowest BCUT2D eigenvalue weighted by Crippen LogP contribution is -2.07. The van der Waals surface area contributed by atoms with Gasteiger partial charge in [-0.2, -0.15) is 10.5 Å². The van der Waals surface area contributed by atoms with E-state index in [4.69, 9.17) is 0 Å². The molecule has 0 spiro atoms. The van der Waals surface area contributed by atoms with Gasteiger partial charge in [0.1, 0.15) is 23.4 Å². The summed E-state index contributed by atoms with van der Waals surface area (Å²) in [5.41, 5.74) is 5.98. The van der Waals surface area contributed by atoms with E-state index in [1.165, 1.54) is 0 Å². The number of nitriles is 2. The number of aryl methyl sites for hydroxylation is 2. The fraction of sp³-hybridized carbons (Fsp3) is 0.185. The van der Waals surface area contributed by atoms with Crippen molar-refractivity contribution in [2.24, 2.45) is 15.2 Å². The molecule has 0 bridgehead atoms. The van der Waals surface area contributed by atoms with Crippen LogP contribution in [0.25, 0.3) is 0 Å². The lowest BCUT2D eigenvalue weighted by atomic mass is 9.99. The molecule has 0 aromatic heterocycles. The van der Waals surface area contributed by atoms with Crippen molar-refractivity contribution < 1.29 is 0 Å². The van der Waals surface area contributed by atoms with Crippen molar-refractivity contribution in [3.8, 4) is 12.1 Å². The van der Waals surface area contributed by atoms with E-state index in [2.05, 4.69) is 27.3 Å². The maximum Gasteiger partial charge on any atom is 0.148 e. The van der Waals surface area contributed by atoms with Gasteiger partial charge in [-0.3, -0.25) is 4.99 Å². The molecule has 0 fully saturated rings. The second-order valence-corrected chi connectivity index (χ2v) is 8.01. The van der Waals surface area contributed by atoms with Crippen molar-refractivity contribution in [2.75, 3.05) is 19.0 Å². The first-order valence-corrected chi connectivity index (χ1v) is 10.6. The quantitative estimate of drug-likeness (QED) is 0.307. The molecular formula is C27H24N6O. The van der Waals surface area contributed by atoms with E-state index < -0.39 is 5.92 Å². The average Bonchev–Trinajstić information content (AvgIpc) is 2.83. The van der Waals surface area contributed by atoms with Gasteiger partial charge >= 0.3 is 0 Å². The first-order chi connectivity index (χ1) is 16.4. The average molecular weight is 449 g/mol. The van der Waals surface area contributed by atoms with Crippen molar-refractivity contribution in [1.29, 1.82) is 10.5 Å². The van der Waals surface area contributed by atoms with Gasteiger partial charge in [-0.1, -0.05) is 24.3 Å². The Morgan fingerprint density at radius 2 is 1.56 bits per heavy atom. The fourth-order valence-electron chi connectivity index (χ4n) is 3.46. The predicted octanol–water partition coefficient (Wildman–Crippen LogP) is 6.42. The van der Waals surface area contributed by atoms with Crippen LogP contribution in [0, 0.1) is 41.4 Å². The smallest absolute Gasteiger partial charge is 0.148 e. The normalized spacial score (nSPS) is 12.1. The zero-order chi connectivity index (χ0) is 24.7. The molecule has 0 heterocycles. The van der Waals surface area contributed by atoms with E-state index in [1.54, 1.807) is 56.5 Å². The van der Waals surface area contributed by atoms with Crippen molar-refractivity contribution in [3.05, 3.63) is 87.8 Å². The first kappa shape index (κ1) is 24.0. The molecule has 0 radical (unpaired) electrons. The molecular weight excluding hydrogens is 424 g/mol. The van der Waals surface area contributed by atoms with Crippen LogP contribution in [0.4, 0.5) is 22.7 Å². The third kappa shape index (κ3) is 5.59. The summed E-state index contributed by atoms with van der Waals surface area (Å²) in [6.45, 7) is 3.60. The summed E-state index contributed by atoms with van der Waals surface area (Å²) in [5, 5.41) is 22.3. The number of hydrogen-bond donors (Lipinski definition) is 0. The fourth-order valence-corrected chi connectivity index (χ4v) is 3.46. The van der Waals surface area contributed by atoms with E-state index in [1.807, 2.05) is 43.3 Å². The summed E-state index contributed by atoms with van der Waals surface area (Å²) in [7, 11) is 3.92. The number of nitroso groups, excluding NO2 is 1. The molecule has 0 saturated heterocycles. The van der Waals surface area contributed by atoms with Gasteiger partial charge in [-0.15, -0.1) is 4.91 Å². The van der Waals surface area contributed by atoms with E-state index in [0.29, 0.717) is 28.3 Å². The summed E-state index contributed by atoms with van der Waals surface area (Å²) >= 11 is 0. The van der Waals surface area contributed by atoms with E-state index in [0.717, 1.165) is 22.4 Å². The van der Waals surface area contributed by atoms with Gasteiger partial charge in [0.05, 0.1) is 17.4 Å². The number of anilines is 1. The van der Waals surface area contributed by atoms with Gasteiger partial charge in [0.15, 0.2) is 0 Å². The summed E-state index contributed by atoms with van der Waals surface area (Å²) in [6, 6.07) is 22.7. The van der Waals surface area contributed by atoms with Crippen LogP contribution in [0.5, 0.6) is 0 Å². The highest BCUT2D eigenvalue weighted by Crippen LogP contribution is 2.29. The molecule has 0 amide bonds. The van der Waals surface area contributed by atoms with Crippen LogP contribution in [0.15, 0.2) is 75.8 Å². The van der Waals surface area contributed by atoms with Crippen LogP contribution in [0.3, 0.4) is 0 Å². The molecule has 0 saturated carbocycles. The number of aliphatic imine (C=N–C) groups is 2. The van der Waals surface area contributed by atoms with Gasteiger partial charge in [0.2, 0.25) is 0 Å². The minimum Gasteiger partial charge on any atom is -0.378 e. The van der Waals surface area contributed by atoms with Crippen LogP contribution < -0.4 is 4.90 Å². The molecule has 7 nitrogen and oxygen atoms in total. The summed E-state index contributed by atoms with van der Waals surface area (Å²) < 4.78 is 0.